The second-order valence-corrected chi connectivity index (χ2v) is 5.14. The molecule has 0 saturated carbocycles. The number of methoxy groups -OCH3 is 2. The molecule has 1 heterocycles. The highest BCUT2D eigenvalue weighted by molar-refractivity contribution is 5.37. The summed E-state index contributed by atoms with van der Waals surface area (Å²) in [4.78, 5) is 0. The molecule has 5 heteroatoms. The average Bonchev–Trinajstić information content (AvgIpc) is 2.56. The summed E-state index contributed by atoms with van der Waals surface area (Å²) in [6.45, 7) is 0. The van der Waals surface area contributed by atoms with Gasteiger partial charge < -0.3 is 24.4 Å². The van der Waals surface area contributed by atoms with E-state index >= 15 is 0 Å². The van der Waals surface area contributed by atoms with Crippen molar-refractivity contribution in [2.24, 2.45) is 5.92 Å². The van der Waals surface area contributed by atoms with Gasteiger partial charge in [0.1, 0.15) is 23.7 Å². The lowest BCUT2D eigenvalue weighted by Crippen LogP contribution is -2.26. The van der Waals surface area contributed by atoms with Crippen LogP contribution >= 0.6 is 0 Å². The molecule has 2 N–H and O–H groups in total. The quantitative estimate of drug-likeness (QED) is 0.840. The van der Waals surface area contributed by atoms with Crippen LogP contribution in [0, 0.1) is 5.92 Å². The monoisotopic (exact) mass is 302 g/mol. The number of fused-ring (bicyclic) bond motifs is 1. The predicted octanol–water partition coefficient (Wildman–Crippen LogP) is 2.61. The Morgan fingerprint density at radius 3 is 2.41 bits per heavy atom. The molecule has 0 aromatic heterocycles. The summed E-state index contributed by atoms with van der Waals surface area (Å²) in [7, 11) is 3.08. The van der Waals surface area contributed by atoms with Gasteiger partial charge in [0.15, 0.2) is 11.5 Å². The third-order valence-electron chi connectivity index (χ3n) is 3.85. The van der Waals surface area contributed by atoms with Gasteiger partial charge in [-0.1, -0.05) is 18.2 Å². The standard InChI is InChI=1S/C17H18O5/c1-20-11-5-3-10(4-6-11)14-8-7-12-15(22-14)9-13(18)16(19)17(12)21-2/h3-9,12-14,18-19H,1-2H3/t12-,13-,14?/m1/s1. The Labute approximate surface area is 128 Å². The topological polar surface area (TPSA) is 68.2 Å². The van der Waals surface area contributed by atoms with Crippen LogP contribution in [0.25, 0.3) is 0 Å². The van der Waals surface area contributed by atoms with Gasteiger partial charge in [0.05, 0.1) is 20.1 Å². The second kappa shape index (κ2) is 5.77. The summed E-state index contributed by atoms with van der Waals surface area (Å²) in [5.41, 5.74) is 0.976. The Morgan fingerprint density at radius 2 is 1.77 bits per heavy atom. The van der Waals surface area contributed by atoms with Crippen LogP contribution < -0.4 is 4.74 Å². The molecule has 0 radical (unpaired) electrons. The van der Waals surface area contributed by atoms with Gasteiger partial charge in [-0.05, 0) is 29.8 Å². The first-order chi connectivity index (χ1) is 10.6. The number of hydrogen-bond acceptors (Lipinski definition) is 5. The zero-order valence-corrected chi connectivity index (χ0v) is 12.4. The lowest BCUT2D eigenvalue weighted by Gasteiger charge is -2.32. The van der Waals surface area contributed by atoms with Crippen LogP contribution in [0.2, 0.25) is 0 Å². The zero-order valence-electron chi connectivity index (χ0n) is 12.4. The number of aliphatic hydroxyl groups excluding tert-OH is 2. The smallest absolute Gasteiger partial charge is 0.164 e. The molecular formula is C17H18O5. The van der Waals surface area contributed by atoms with Crippen molar-refractivity contribution in [1.82, 2.24) is 0 Å². The van der Waals surface area contributed by atoms with Crippen molar-refractivity contribution in [2.75, 3.05) is 14.2 Å². The van der Waals surface area contributed by atoms with Gasteiger partial charge >= 0.3 is 0 Å². The molecule has 1 unspecified atom stereocenters. The average molecular weight is 302 g/mol. The zero-order chi connectivity index (χ0) is 15.7. The predicted molar refractivity (Wildman–Crippen MR) is 80.2 cm³/mol. The molecule has 22 heavy (non-hydrogen) atoms. The molecule has 3 atom stereocenters. The van der Waals surface area contributed by atoms with Crippen LogP contribution in [0.4, 0.5) is 0 Å². The third-order valence-corrected chi connectivity index (χ3v) is 3.85. The fourth-order valence-corrected chi connectivity index (χ4v) is 2.67. The van der Waals surface area contributed by atoms with E-state index in [1.807, 2.05) is 36.4 Å². The van der Waals surface area contributed by atoms with Gasteiger partial charge in [-0.25, -0.2) is 0 Å². The van der Waals surface area contributed by atoms with E-state index in [4.69, 9.17) is 14.2 Å². The minimum absolute atomic E-state index is 0.174. The summed E-state index contributed by atoms with van der Waals surface area (Å²) in [5.74, 6) is 1.19. The highest BCUT2D eigenvalue weighted by Crippen LogP contribution is 2.39. The third kappa shape index (κ3) is 2.44. The Kier molecular flexibility index (Phi) is 3.81. The van der Waals surface area contributed by atoms with Crippen LogP contribution in [-0.4, -0.2) is 30.5 Å². The molecule has 0 saturated heterocycles. The lowest BCUT2D eigenvalue weighted by molar-refractivity contribution is 0.0837. The van der Waals surface area contributed by atoms with Crippen molar-refractivity contribution in [3.05, 3.63) is 65.3 Å². The Morgan fingerprint density at radius 1 is 1.05 bits per heavy atom. The highest BCUT2D eigenvalue weighted by Gasteiger charge is 2.34. The van der Waals surface area contributed by atoms with Crippen molar-refractivity contribution >= 4 is 0 Å². The Balaban J connectivity index is 1.88. The SMILES string of the molecule is COC1=C(O)[C@H](O)C=C2OC(c3ccc(OC)cc3)C=C[C@H]21. The molecule has 0 amide bonds. The summed E-state index contributed by atoms with van der Waals surface area (Å²) in [6.07, 6.45) is 3.96. The maximum Gasteiger partial charge on any atom is 0.164 e. The van der Waals surface area contributed by atoms with E-state index < -0.39 is 6.10 Å². The molecule has 2 aliphatic rings. The van der Waals surface area contributed by atoms with E-state index in [-0.39, 0.29) is 17.8 Å². The van der Waals surface area contributed by atoms with E-state index in [0.29, 0.717) is 11.5 Å². The number of hydrogen-bond donors (Lipinski definition) is 2. The summed E-state index contributed by atoms with van der Waals surface area (Å²) in [6, 6.07) is 7.60. The van der Waals surface area contributed by atoms with Gasteiger partial charge in [-0.15, -0.1) is 0 Å². The lowest BCUT2D eigenvalue weighted by atomic mass is 9.91. The number of rotatable bonds is 3. The number of ether oxygens (including phenoxy) is 3. The molecule has 116 valence electrons. The van der Waals surface area contributed by atoms with Gasteiger partial charge in [0.2, 0.25) is 0 Å². The largest absolute Gasteiger partial charge is 0.506 e. The molecule has 0 bridgehead atoms. The van der Waals surface area contributed by atoms with Crippen LogP contribution in [0.1, 0.15) is 11.7 Å². The van der Waals surface area contributed by atoms with Gasteiger partial charge in [0, 0.05) is 0 Å². The van der Waals surface area contributed by atoms with Crippen molar-refractivity contribution in [2.45, 2.75) is 12.2 Å². The maximum absolute atomic E-state index is 9.87. The number of benzene rings is 1. The molecular weight excluding hydrogens is 284 g/mol. The van der Waals surface area contributed by atoms with Crippen molar-refractivity contribution in [3.8, 4) is 5.75 Å². The molecule has 1 aliphatic heterocycles. The van der Waals surface area contributed by atoms with Crippen LogP contribution in [-0.2, 0) is 9.47 Å². The van der Waals surface area contributed by atoms with Crippen LogP contribution in [0.15, 0.2) is 59.8 Å². The van der Waals surface area contributed by atoms with E-state index in [9.17, 15) is 10.2 Å². The fraction of sp³-hybridized carbons (Fsp3) is 0.294. The Hall–Kier alpha value is -2.40. The molecule has 3 rings (SSSR count). The van der Waals surface area contributed by atoms with E-state index in [0.717, 1.165) is 11.3 Å². The highest BCUT2D eigenvalue weighted by atomic mass is 16.5. The van der Waals surface area contributed by atoms with Gasteiger partial charge in [-0.3, -0.25) is 0 Å². The minimum atomic E-state index is -1.11. The first kappa shape index (κ1) is 14.5. The first-order valence-corrected chi connectivity index (χ1v) is 6.99. The fourth-order valence-electron chi connectivity index (χ4n) is 2.67. The van der Waals surface area contributed by atoms with E-state index in [1.165, 1.54) is 13.2 Å². The van der Waals surface area contributed by atoms with E-state index in [2.05, 4.69) is 0 Å². The second-order valence-electron chi connectivity index (χ2n) is 5.14. The number of aliphatic hydroxyl groups is 2. The molecule has 5 nitrogen and oxygen atoms in total. The van der Waals surface area contributed by atoms with Crippen molar-refractivity contribution in [3.63, 3.8) is 0 Å². The van der Waals surface area contributed by atoms with Gasteiger partial charge in [-0.2, -0.15) is 0 Å². The van der Waals surface area contributed by atoms with Crippen LogP contribution in [0.3, 0.4) is 0 Å². The van der Waals surface area contributed by atoms with Crippen LogP contribution in [0.5, 0.6) is 5.75 Å². The molecule has 1 aromatic rings. The maximum atomic E-state index is 9.87. The van der Waals surface area contributed by atoms with Crippen molar-refractivity contribution < 1.29 is 24.4 Å². The van der Waals surface area contributed by atoms with Gasteiger partial charge in [0.25, 0.3) is 0 Å². The molecule has 0 spiro atoms. The first-order valence-electron chi connectivity index (χ1n) is 6.99. The molecule has 1 aromatic carbocycles. The summed E-state index contributed by atoms with van der Waals surface area (Å²) < 4.78 is 16.3. The molecule has 0 fully saturated rings. The van der Waals surface area contributed by atoms with Crippen molar-refractivity contribution in [1.29, 1.82) is 0 Å². The summed E-state index contributed by atoms with van der Waals surface area (Å²) in [5, 5.41) is 19.7. The normalized spacial score (nSPS) is 26.9. The molecule has 1 aliphatic carbocycles. The van der Waals surface area contributed by atoms with E-state index in [1.54, 1.807) is 7.11 Å². The summed E-state index contributed by atoms with van der Waals surface area (Å²) >= 11 is 0. The Bertz CT molecular complexity index is 642. The minimum Gasteiger partial charge on any atom is -0.506 e.